The summed E-state index contributed by atoms with van der Waals surface area (Å²) in [5.74, 6) is 0.116. The van der Waals surface area contributed by atoms with Crippen molar-refractivity contribution in [2.45, 2.75) is 51.0 Å². The van der Waals surface area contributed by atoms with Gasteiger partial charge in [-0.2, -0.15) is 0 Å². The number of hydrogen-bond acceptors (Lipinski definition) is 4. The lowest BCUT2D eigenvalue weighted by atomic mass is 9.77. The SMILES string of the molecule is Cc1ccc(Cl)c2sc(N(CCCn3ccnc3)C(=O)C3(c4ccc(Cl)cc4)CCCC3)nc12. The fraction of sp³-hybridized carbons (Fsp3) is 0.346. The Hall–Kier alpha value is -2.41. The number of fused-ring (bicyclic) bond motifs is 1. The van der Waals surface area contributed by atoms with Crippen molar-refractivity contribution in [3.63, 3.8) is 0 Å². The van der Waals surface area contributed by atoms with Crippen molar-refractivity contribution in [3.8, 4) is 0 Å². The van der Waals surface area contributed by atoms with Crippen LogP contribution in [0, 0.1) is 6.92 Å². The number of aryl methyl sites for hydroxylation is 2. The minimum atomic E-state index is -0.559. The fourth-order valence-corrected chi connectivity index (χ4v) is 6.42. The van der Waals surface area contributed by atoms with E-state index in [2.05, 4.69) is 4.98 Å². The smallest absolute Gasteiger partial charge is 0.239 e. The number of aromatic nitrogens is 3. The number of nitrogens with zero attached hydrogens (tertiary/aromatic N) is 4. The number of carbonyl (C=O) groups is 1. The number of imidazole rings is 1. The highest BCUT2D eigenvalue weighted by molar-refractivity contribution is 7.23. The molecule has 1 aliphatic carbocycles. The summed E-state index contributed by atoms with van der Waals surface area (Å²) < 4.78 is 2.96. The predicted molar refractivity (Wildman–Crippen MR) is 140 cm³/mol. The molecule has 1 saturated carbocycles. The van der Waals surface area contributed by atoms with Crippen LogP contribution in [0.3, 0.4) is 0 Å². The zero-order valence-corrected chi connectivity index (χ0v) is 21.3. The molecule has 0 bridgehead atoms. The minimum absolute atomic E-state index is 0.116. The molecule has 2 heterocycles. The molecule has 1 aliphatic rings. The van der Waals surface area contributed by atoms with Gasteiger partial charge in [-0.15, -0.1) is 0 Å². The second kappa shape index (κ2) is 9.68. The number of hydrogen-bond donors (Lipinski definition) is 0. The molecule has 4 aromatic rings. The highest BCUT2D eigenvalue weighted by atomic mass is 35.5. The van der Waals surface area contributed by atoms with Crippen LogP contribution in [0.4, 0.5) is 5.13 Å². The van der Waals surface area contributed by atoms with E-state index in [1.807, 2.05) is 59.0 Å². The van der Waals surface area contributed by atoms with E-state index < -0.39 is 5.41 Å². The van der Waals surface area contributed by atoms with E-state index in [-0.39, 0.29) is 5.91 Å². The second-order valence-corrected chi connectivity index (χ2v) is 10.8. The van der Waals surface area contributed by atoms with Crippen LogP contribution in [0.25, 0.3) is 10.2 Å². The molecule has 0 spiro atoms. The molecule has 34 heavy (non-hydrogen) atoms. The van der Waals surface area contributed by atoms with Crippen LogP contribution in [-0.2, 0) is 16.8 Å². The summed E-state index contributed by atoms with van der Waals surface area (Å²) in [5, 5.41) is 2.06. The van der Waals surface area contributed by atoms with E-state index in [0.717, 1.165) is 60.0 Å². The van der Waals surface area contributed by atoms with E-state index in [9.17, 15) is 4.79 Å². The van der Waals surface area contributed by atoms with Gasteiger partial charge in [0.05, 0.1) is 27.0 Å². The summed E-state index contributed by atoms with van der Waals surface area (Å²) in [6, 6.07) is 11.7. The minimum Gasteiger partial charge on any atom is -0.337 e. The molecular formula is C26H26Cl2N4OS. The summed E-state index contributed by atoms with van der Waals surface area (Å²) in [6.07, 6.45) is 10.0. The quantitative estimate of drug-likeness (QED) is 0.266. The van der Waals surface area contributed by atoms with Crippen molar-refractivity contribution in [3.05, 3.63) is 76.3 Å². The number of benzene rings is 2. The number of rotatable bonds is 7. The molecule has 2 aromatic heterocycles. The van der Waals surface area contributed by atoms with Crippen LogP contribution in [0.1, 0.15) is 43.2 Å². The maximum absolute atomic E-state index is 14.4. The third kappa shape index (κ3) is 4.35. The Morgan fingerprint density at radius 2 is 1.91 bits per heavy atom. The Morgan fingerprint density at radius 1 is 1.15 bits per heavy atom. The molecule has 0 unspecified atom stereocenters. The van der Waals surface area contributed by atoms with Gasteiger partial charge >= 0.3 is 0 Å². The third-order valence-corrected chi connectivity index (χ3v) is 8.57. The molecule has 8 heteroatoms. The molecule has 176 valence electrons. The average molecular weight is 513 g/mol. The van der Waals surface area contributed by atoms with Gasteiger partial charge in [-0.25, -0.2) is 9.97 Å². The first-order valence-corrected chi connectivity index (χ1v) is 13.1. The van der Waals surface area contributed by atoms with Crippen molar-refractivity contribution in [1.29, 1.82) is 0 Å². The third-order valence-electron chi connectivity index (χ3n) is 6.78. The molecule has 0 aliphatic heterocycles. The number of halogens is 2. The fourth-order valence-electron chi connectivity index (χ4n) is 4.95. The first kappa shape index (κ1) is 23.3. The predicted octanol–water partition coefficient (Wildman–Crippen LogP) is 7.04. The lowest BCUT2D eigenvalue weighted by Gasteiger charge is -2.34. The van der Waals surface area contributed by atoms with E-state index in [0.29, 0.717) is 21.7 Å². The molecule has 5 nitrogen and oxygen atoms in total. The van der Waals surface area contributed by atoms with Gasteiger partial charge in [0.1, 0.15) is 0 Å². The summed E-state index contributed by atoms with van der Waals surface area (Å²) >= 11 is 14.2. The maximum atomic E-state index is 14.4. The Balaban J connectivity index is 1.54. The van der Waals surface area contributed by atoms with Crippen molar-refractivity contribution >= 4 is 55.8 Å². The van der Waals surface area contributed by atoms with Crippen LogP contribution >= 0.6 is 34.5 Å². The van der Waals surface area contributed by atoms with Crippen molar-refractivity contribution in [2.24, 2.45) is 0 Å². The molecule has 0 N–H and O–H groups in total. The molecule has 0 radical (unpaired) electrons. The number of carbonyl (C=O) groups excluding carboxylic acids is 1. The largest absolute Gasteiger partial charge is 0.337 e. The first-order valence-electron chi connectivity index (χ1n) is 11.6. The summed E-state index contributed by atoms with van der Waals surface area (Å²) in [6.45, 7) is 3.38. The molecule has 0 saturated heterocycles. The van der Waals surface area contributed by atoms with Crippen LogP contribution < -0.4 is 4.90 Å². The Bertz CT molecular complexity index is 1260. The number of anilines is 1. The van der Waals surface area contributed by atoms with Crippen molar-refractivity contribution < 1.29 is 4.79 Å². The van der Waals surface area contributed by atoms with E-state index in [1.54, 1.807) is 12.5 Å². The van der Waals surface area contributed by atoms with Crippen molar-refractivity contribution in [1.82, 2.24) is 14.5 Å². The van der Waals surface area contributed by atoms with Crippen LogP contribution in [0.15, 0.2) is 55.1 Å². The lowest BCUT2D eigenvalue weighted by molar-refractivity contribution is -0.124. The van der Waals surface area contributed by atoms with E-state index >= 15 is 0 Å². The van der Waals surface area contributed by atoms with Gasteiger partial charge in [0, 0.05) is 30.5 Å². The van der Waals surface area contributed by atoms with E-state index in [4.69, 9.17) is 28.2 Å². The highest BCUT2D eigenvalue weighted by Crippen LogP contribution is 2.45. The molecule has 1 fully saturated rings. The van der Waals surface area contributed by atoms with Crippen LogP contribution in [0.5, 0.6) is 0 Å². The van der Waals surface area contributed by atoms with Gasteiger partial charge in [0.25, 0.3) is 0 Å². The maximum Gasteiger partial charge on any atom is 0.239 e. The van der Waals surface area contributed by atoms with Gasteiger partial charge in [-0.3, -0.25) is 9.69 Å². The summed E-state index contributed by atoms with van der Waals surface area (Å²) in [5.41, 5.74) is 2.40. The second-order valence-electron chi connectivity index (χ2n) is 8.95. The van der Waals surface area contributed by atoms with Gasteiger partial charge < -0.3 is 4.57 Å². The summed E-state index contributed by atoms with van der Waals surface area (Å²) in [7, 11) is 0. The van der Waals surface area contributed by atoms with Crippen molar-refractivity contribution in [2.75, 3.05) is 11.4 Å². The van der Waals surface area contributed by atoms with Gasteiger partial charge in [0.2, 0.25) is 5.91 Å². The zero-order valence-electron chi connectivity index (χ0n) is 19.0. The van der Waals surface area contributed by atoms with Gasteiger partial charge in [0.15, 0.2) is 5.13 Å². The van der Waals surface area contributed by atoms with Gasteiger partial charge in [-0.1, -0.05) is 65.6 Å². The molecular weight excluding hydrogens is 487 g/mol. The topological polar surface area (TPSA) is 51.0 Å². The molecule has 2 aromatic carbocycles. The first-order chi connectivity index (χ1) is 16.5. The lowest BCUT2D eigenvalue weighted by Crippen LogP contribution is -2.46. The summed E-state index contributed by atoms with van der Waals surface area (Å²) in [4.78, 5) is 25.3. The highest BCUT2D eigenvalue weighted by Gasteiger charge is 2.45. The number of thiazole rings is 1. The number of amides is 1. The van der Waals surface area contributed by atoms with Gasteiger partial charge in [-0.05, 0) is 55.5 Å². The Morgan fingerprint density at radius 3 is 2.59 bits per heavy atom. The average Bonchev–Trinajstić information content (AvgIpc) is 3.60. The standard InChI is InChI=1S/C26H26Cl2N4OS/c1-18-5-10-21(28)23-22(18)30-25(34-23)32(15-4-14-31-16-13-29-17-31)24(33)26(11-2-3-12-26)19-6-8-20(27)9-7-19/h5-10,13,16-17H,2-4,11-12,14-15H2,1H3. The normalized spacial score (nSPS) is 15.1. The molecule has 1 amide bonds. The monoisotopic (exact) mass is 512 g/mol. The van der Waals surface area contributed by atoms with E-state index in [1.165, 1.54) is 11.3 Å². The zero-order chi connectivity index (χ0) is 23.7. The Kier molecular flexibility index (Phi) is 6.65. The molecule has 0 atom stereocenters. The van der Waals surface area contributed by atoms with Crippen LogP contribution in [-0.4, -0.2) is 27.0 Å². The van der Waals surface area contributed by atoms with Crippen LogP contribution in [0.2, 0.25) is 10.0 Å². The molecule has 5 rings (SSSR count). The Labute approximate surface area is 213 Å².